The van der Waals surface area contributed by atoms with E-state index in [2.05, 4.69) is 22.2 Å². The predicted octanol–water partition coefficient (Wildman–Crippen LogP) is -0.388. The zero-order valence-corrected chi connectivity index (χ0v) is 10.2. The molecule has 3 aliphatic heterocycles. The standard InChI is InChI=1S/C12H23N3O/c1-14-2-4-15(5-3-14)7-11-6-12(16-8-11)9-13-10-12/h11,13H,2-10H2,1H3. The lowest BCUT2D eigenvalue weighted by Crippen LogP contribution is -2.59. The maximum absolute atomic E-state index is 5.95. The Morgan fingerprint density at radius 2 is 2.00 bits per heavy atom. The van der Waals surface area contributed by atoms with Crippen LogP contribution < -0.4 is 5.32 Å². The highest BCUT2D eigenvalue weighted by Gasteiger charge is 2.45. The molecule has 1 atom stereocenters. The van der Waals surface area contributed by atoms with Gasteiger partial charge in [-0.25, -0.2) is 0 Å². The van der Waals surface area contributed by atoms with Crippen LogP contribution in [0.5, 0.6) is 0 Å². The van der Waals surface area contributed by atoms with Crippen LogP contribution >= 0.6 is 0 Å². The van der Waals surface area contributed by atoms with E-state index in [1.807, 2.05) is 0 Å². The number of rotatable bonds is 2. The highest BCUT2D eigenvalue weighted by molar-refractivity contribution is 5.00. The number of nitrogens with zero attached hydrogens (tertiary/aromatic N) is 2. The molecule has 1 N–H and O–H groups in total. The summed E-state index contributed by atoms with van der Waals surface area (Å²) in [5, 5.41) is 3.33. The SMILES string of the molecule is CN1CCN(CC2COC3(CNC3)C2)CC1. The predicted molar refractivity (Wildman–Crippen MR) is 63.6 cm³/mol. The molecule has 1 unspecified atom stereocenters. The summed E-state index contributed by atoms with van der Waals surface area (Å²) in [6.07, 6.45) is 1.27. The van der Waals surface area contributed by atoms with Crippen molar-refractivity contribution in [2.45, 2.75) is 12.0 Å². The van der Waals surface area contributed by atoms with Crippen LogP contribution in [0, 0.1) is 5.92 Å². The van der Waals surface area contributed by atoms with Gasteiger partial charge in [0.15, 0.2) is 0 Å². The topological polar surface area (TPSA) is 27.7 Å². The van der Waals surface area contributed by atoms with Crippen LogP contribution in [-0.2, 0) is 4.74 Å². The van der Waals surface area contributed by atoms with Gasteiger partial charge in [-0.2, -0.15) is 0 Å². The van der Waals surface area contributed by atoms with Gasteiger partial charge in [-0.15, -0.1) is 0 Å². The molecule has 0 aliphatic carbocycles. The van der Waals surface area contributed by atoms with Gasteiger partial charge < -0.3 is 19.9 Å². The van der Waals surface area contributed by atoms with Gasteiger partial charge in [0.1, 0.15) is 0 Å². The number of hydrogen-bond donors (Lipinski definition) is 1. The van der Waals surface area contributed by atoms with E-state index in [1.165, 1.54) is 39.1 Å². The minimum absolute atomic E-state index is 0.233. The quantitative estimate of drug-likeness (QED) is 0.693. The number of ether oxygens (including phenoxy) is 1. The molecule has 3 rings (SSSR count). The fourth-order valence-corrected chi connectivity index (χ4v) is 3.10. The maximum Gasteiger partial charge on any atom is 0.0933 e. The summed E-state index contributed by atoms with van der Waals surface area (Å²) >= 11 is 0. The van der Waals surface area contributed by atoms with Crippen LogP contribution in [0.3, 0.4) is 0 Å². The molecule has 4 heteroatoms. The third-order valence-corrected chi connectivity index (χ3v) is 4.29. The molecule has 0 aromatic rings. The Kier molecular flexibility index (Phi) is 2.92. The van der Waals surface area contributed by atoms with Crippen LogP contribution in [0.25, 0.3) is 0 Å². The lowest BCUT2D eigenvalue weighted by atomic mass is 9.89. The van der Waals surface area contributed by atoms with Crippen molar-refractivity contribution in [1.82, 2.24) is 15.1 Å². The van der Waals surface area contributed by atoms with E-state index in [4.69, 9.17) is 4.74 Å². The minimum atomic E-state index is 0.233. The van der Waals surface area contributed by atoms with Gasteiger partial charge >= 0.3 is 0 Å². The number of hydrogen-bond acceptors (Lipinski definition) is 4. The van der Waals surface area contributed by atoms with Crippen LogP contribution in [-0.4, -0.2) is 74.9 Å². The van der Waals surface area contributed by atoms with E-state index in [9.17, 15) is 0 Å². The molecule has 0 radical (unpaired) electrons. The second kappa shape index (κ2) is 4.26. The van der Waals surface area contributed by atoms with Crippen LogP contribution in [0.1, 0.15) is 6.42 Å². The van der Waals surface area contributed by atoms with Crippen LogP contribution in [0.15, 0.2) is 0 Å². The maximum atomic E-state index is 5.95. The average molecular weight is 225 g/mol. The Hall–Kier alpha value is -0.160. The zero-order chi connectivity index (χ0) is 11.0. The fraction of sp³-hybridized carbons (Fsp3) is 1.00. The Labute approximate surface area is 97.9 Å². The zero-order valence-electron chi connectivity index (χ0n) is 10.2. The van der Waals surface area contributed by atoms with Crippen molar-refractivity contribution in [3.8, 4) is 0 Å². The first-order valence-corrected chi connectivity index (χ1v) is 6.51. The molecule has 1 spiro atoms. The fourth-order valence-electron chi connectivity index (χ4n) is 3.10. The number of nitrogens with one attached hydrogen (secondary N) is 1. The van der Waals surface area contributed by atoms with Gasteiger partial charge in [-0.1, -0.05) is 0 Å². The van der Waals surface area contributed by atoms with Crippen molar-refractivity contribution in [1.29, 1.82) is 0 Å². The van der Waals surface area contributed by atoms with E-state index < -0.39 is 0 Å². The molecule has 0 amide bonds. The third kappa shape index (κ3) is 2.12. The van der Waals surface area contributed by atoms with Gasteiger partial charge in [-0.3, -0.25) is 0 Å². The molecule has 3 aliphatic rings. The molecular formula is C12H23N3O. The molecular weight excluding hydrogens is 202 g/mol. The third-order valence-electron chi connectivity index (χ3n) is 4.29. The Morgan fingerprint density at radius 1 is 1.25 bits per heavy atom. The summed E-state index contributed by atoms with van der Waals surface area (Å²) in [6, 6.07) is 0. The van der Waals surface area contributed by atoms with E-state index in [0.29, 0.717) is 0 Å². The van der Waals surface area contributed by atoms with Crippen LogP contribution in [0.2, 0.25) is 0 Å². The number of piperazine rings is 1. The summed E-state index contributed by atoms with van der Waals surface area (Å²) in [5.41, 5.74) is 0.233. The second-order valence-electron chi connectivity index (χ2n) is 5.77. The first-order chi connectivity index (χ1) is 7.76. The molecule has 3 heterocycles. The molecule has 92 valence electrons. The molecule has 3 fully saturated rings. The summed E-state index contributed by atoms with van der Waals surface area (Å²) in [4.78, 5) is 5.03. The average Bonchev–Trinajstić information content (AvgIpc) is 2.66. The lowest BCUT2D eigenvalue weighted by molar-refractivity contribution is -0.0364. The molecule has 0 bridgehead atoms. The highest BCUT2D eigenvalue weighted by atomic mass is 16.5. The van der Waals surface area contributed by atoms with Gasteiger partial charge in [0.05, 0.1) is 12.2 Å². The summed E-state index contributed by atoms with van der Waals surface area (Å²) in [6.45, 7) is 9.29. The van der Waals surface area contributed by atoms with Crippen molar-refractivity contribution in [3.63, 3.8) is 0 Å². The van der Waals surface area contributed by atoms with Crippen molar-refractivity contribution >= 4 is 0 Å². The first kappa shape index (κ1) is 11.0. The Balaban J connectivity index is 1.45. The van der Waals surface area contributed by atoms with Crippen molar-refractivity contribution in [2.24, 2.45) is 5.92 Å². The lowest BCUT2D eigenvalue weighted by Gasteiger charge is -2.38. The van der Waals surface area contributed by atoms with Gasteiger partial charge in [0.25, 0.3) is 0 Å². The van der Waals surface area contributed by atoms with E-state index in [-0.39, 0.29) is 5.60 Å². The summed E-state index contributed by atoms with van der Waals surface area (Å²) in [5.74, 6) is 0.769. The van der Waals surface area contributed by atoms with Crippen molar-refractivity contribution in [2.75, 3.05) is 59.5 Å². The second-order valence-corrected chi connectivity index (χ2v) is 5.77. The van der Waals surface area contributed by atoms with Crippen LogP contribution in [0.4, 0.5) is 0 Å². The molecule has 4 nitrogen and oxygen atoms in total. The van der Waals surface area contributed by atoms with Gasteiger partial charge in [0, 0.05) is 45.8 Å². The molecule has 3 saturated heterocycles. The van der Waals surface area contributed by atoms with Gasteiger partial charge in [0.2, 0.25) is 0 Å². The molecule has 0 aromatic carbocycles. The van der Waals surface area contributed by atoms with E-state index >= 15 is 0 Å². The smallest absolute Gasteiger partial charge is 0.0933 e. The van der Waals surface area contributed by atoms with E-state index in [1.54, 1.807) is 0 Å². The van der Waals surface area contributed by atoms with E-state index in [0.717, 1.165) is 25.6 Å². The molecule has 0 saturated carbocycles. The van der Waals surface area contributed by atoms with Gasteiger partial charge in [-0.05, 0) is 19.4 Å². The molecule has 16 heavy (non-hydrogen) atoms. The Bertz CT molecular complexity index is 247. The highest BCUT2D eigenvalue weighted by Crippen LogP contribution is 2.33. The first-order valence-electron chi connectivity index (χ1n) is 6.51. The van der Waals surface area contributed by atoms with Crippen molar-refractivity contribution < 1.29 is 4.74 Å². The normalized spacial score (nSPS) is 35.4. The minimum Gasteiger partial charge on any atom is -0.372 e. The number of likely N-dealkylation sites (N-methyl/N-ethyl adjacent to an activating group) is 1. The Morgan fingerprint density at radius 3 is 2.56 bits per heavy atom. The molecule has 0 aromatic heterocycles. The summed E-state index contributed by atoms with van der Waals surface area (Å²) in [7, 11) is 2.21. The van der Waals surface area contributed by atoms with Crippen molar-refractivity contribution in [3.05, 3.63) is 0 Å². The monoisotopic (exact) mass is 225 g/mol. The largest absolute Gasteiger partial charge is 0.372 e. The summed E-state index contributed by atoms with van der Waals surface area (Å²) < 4.78 is 5.95.